The number of rotatable bonds is 4. The number of carbonyl (C=O) groups excluding carboxylic acids is 1. The van der Waals surface area contributed by atoms with Gasteiger partial charge in [0.25, 0.3) is 5.69 Å². The van der Waals surface area contributed by atoms with Crippen LogP contribution in [0.1, 0.15) is 11.1 Å². The first-order valence-corrected chi connectivity index (χ1v) is 8.53. The molecule has 0 amide bonds. The summed E-state index contributed by atoms with van der Waals surface area (Å²) in [4.78, 5) is 26.6. The second kappa shape index (κ2) is 7.28. The summed E-state index contributed by atoms with van der Waals surface area (Å²) in [6.07, 6.45) is 1.54. The molecule has 6 nitrogen and oxygen atoms in total. The van der Waals surface area contributed by atoms with E-state index >= 15 is 0 Å². The molecule has 28 heavy (non-hydrogen) atoms. The van der Waals surface area contributed by atoms with Crippen LogP contribution in [-0.4, -0.2) is 16.8 Å². The van der Waals surface area contributed by atoms with Gasteiger partial charge in [0.15, 0.2) is 5.70 Å². The summed E-state index contributed by atoms with van der Waals surface area (Å²) in [5.74, 6) is -0.321. The van der Waals surface area contributed by atoms with Crippen LogP contribution in [0.25, 0.3) is 17.2 Å². The minimum atomic E-state index is -0.555. The van der Waals surface area contributed by atoms with Crippen LogP contribution in [0.2, 0.25) is 0 Å². The molecule has 0 aliphatic carbocycles. The lowest BCUT2D eigenvalue weighted by Gasteiger charge is -2.03. The van der Waals surface area contributed by atoms with Gasteiger partial charge in [-0.15, -0.1) is 0 Å². The normalized spacial score (nSPS) is 14.6. The van der Waals surface area contributed by atoms with Crippen molar-refractivity contribution in [1.82, 2.24) is 0 Å². The van der Waals surface area contributed by atoms with Gasteiger partial charge in [0.2, 0.25) is 5.90 Å². The Morgan fingerprint density at radius 1 is 0.821 bits per heavy atom. The molecule has 0 atom stereocenters. The maximum absolute atomic E-state index is 12.1. The Balaban J connectivity index is 1.57. The van der Waals surface area contributed by atoms with Gasteiger partial charge >= 0.3 is 5.97 Å². The van der Waals surface area contributed by atoms with Crippen molar-refractivity contribution in [1.29, 1.82) is 0 Å². The highest BCUT2D eigenvalue weighted by Crippen LogP contribution is 2.23. The lowest BCUT2D eigenvalue weighted by atomic mass is 10.0. The number of cyclic esters (lactones) is 1. The van der Waals surface area contributed by atoms with Crippen molar-refractivity contribution in [2.45, 2.75) is 0 Å². The number of nitrogens with zero attached hydrogens (tertiary/aromatic N) is 2. The van der Waals surface area contributed by atoms with Crippen LogP contribution >= 0.6 is 0 Å². The smallest absolute Gasteiger partial charge is 0.363 e. The Labute approximate surface area is 160 Å². The molecule has 0 saturated carbocycles. The molecule has 1 aliphatic heterocycles. The Morgan fingerprint density at radius 3 is 2.07 bits per heavy atom. The quantitative estimate of drug-likeness (QED) is 0.291. The summed E-state index contributed by atoms with van der Waals surface area (Å²) in [7, 11) is 0. The predicted octanol–water partition coefficient (Wildman–Crippen LogP) is 4.61. The van der Waals surface area contributed by atoms with Gasteiger partial charge in [0, 0.05) is 17.7 Å². The molecule has 0 unspecified atom stereocenters. The van der Waals surface area contributed by atoms with Gasteiger partial charge in [-0.25, -0.2) is 9.79 Å². The fourth-order valence-corrected chi connectivity index (χ4v) is 2.82. The standard InChI is InChI=1S/C22H14N2O4/c25-22-20(14-15-6-12-19(13-7-15)24(26)27)23-21(28-22)18-10-8-17(9-11-18)16-4-2-1-3-5-16/h1-14H. The lowest BCUT2D eigenvalue weighted by Crippen LogP contribution is -2.05. The monoisotopic (exact) mass is 370 g/mol. The summed E-state index contributed by atoms with van der Waals surface area (Å²) < 4.78 is 5.27. The number of esters is 1. The second-order valence-corrected chi connectivity index (χ2v) is 6.13. The fraction of sp³-hybridized carbons (Fsp3) is 0. The van der Waals surface area contributed by atoms with Gasteiger partial charge in [0.05, 0.1) is 4.92 Å². The Hall–Kier alpha value is -4.06. The van der Waals surface area contributed by atoms with Crippen molar-refractivity contribution < 1.29 is 14.5 Å². The molecule has 0 saturated heterocycles. The maximum atomic E-state index is 12.1. The zero-order valence-corrected chi connectivity index (χ0v) is 14.6. The molecule has 4 rings (SSSR count). The summed E-state index contributed by atoms with van der Waals surface area (Å²) >= 11 is 0. The number of nitro groups is 1. The van der Waals surface area contributed by atoms with Crippen molar-refractivity contribution in [3.63, 3.8) is 0 Å². The highest BCUT2D eigenvalue weighted by Gasteiger charge is 2.24. The molecular formula is C22H14N2O4. The second-order valence-electron chi connectivity index (χ2n) is 6.13. The van der Waals surface area contributed by atoms with E-state index in [0.29, 0.717) is 11.1 Å². The molecule has 6 heteroatoms. The number of non-ortho nitro benzene ring substituents is 1. The largest absolute Gasteiger partial charge is 0.402 e. The third-order valence-corrected chi connectivity index (χ3v) is 4.27. The van der Waals surface area contributed by atoms with E-state index in [2.05, 4.69) is 4.99 Å². The molecule has 0 radical (unpaired) electrons. The van der Waals surface area contributed by atoms with E-state index in [1.165, 1.54) is 18.2 Å². The highest BCUT2D eigenvalue weighted by atomic mass is 16.6. The predicted molar refractivity (Wildman–Crippen MR) is 106 cm³/mol. The molecule has 136 valence electrons. The number of benzene rings is 3. The van der Waals surface area contributed by atoms with Crippen LogP contribution in [0.5, 0.6) is 0 Å². The van der Waals surface area contributed by atoms with Gasteiger partial charge in [-0.05, 0) is 47.0 Å². The number of hydrogen-bond acceptors (Lipinski definition) is 5. The van der Waals surface area contributed by atoms with Crippen LogP contribution < -0.4 is 0 Å². The summed E-state index contributed by atoms with van der Waals surface area (Å²) in [5.41, 5.74) is 3.60. The minimum absolute atomic E-state index is 0.0150. The maximum Gasteiger partial charge on any atom is 0.363 e. The van der Waals surface area contributed by atoms with E-state index in [1.807, 2.05) is 54.6 Å². The zero-order valence-electron chi connectivity index (χ0n) is 14.6. The van der Waals surface area contributed by atoms with E-state index in [-0.39, 0.29) is 17.3 Å². The lowest BCUT2D eigenvalue weighted by molar-refractivity contribution is -0.384. The minimum Gasteiger partial charge on any atom is -0.402 e. The van der Waals surface area contributed by atoms with Crippen LogP contribution in [0.4, 0.5) is 5.69 Å². The van der Waals surface area contributed by atoms with Crippen molar-refractivity contribution in [3.8, 4) is 11.1 Å². The molecule has 0 N–H and O–H groups in total. The number of hydrogen-bond donors (Lipinski definition) is 0. The summed E-state index contributed by atoms with van der Waals surface area (Å²) in [6.45, 7) is 0. The van der Waals surface area contributed by atoms with E-state index in [0.717, 1.165) is 11.1 Å². The van der Waals surface area contributed by atoms with Crippen LogP contribution in [0, 0.1) is 10.1 Å². The average molecular weight is 370 g/mol. The van der Waals surface area contributed by atoms with Gasteiger partial charge in [-0.1, -0.05) is 42.5 Å². The average Bonchev–Trinajstić information content (AvgIpc) is 3.09. The SMILES string of the molecule is O=C1OC(c2ccc(-c3ccccc3)cc2)=NC1=Cc1ccc([N+](=O)[O-])cc1. The number of nitro benzene ring substituents is 1. The highest BCUT2D eigenvalue weighted by molar-refractivity contribution is 6.12. The molecule has 3 aromatic carbocycles. The molecule has 1 heterocycles. The topological polar surface area (TPSA) is 81.8 Å². The van der Waals surface area contributed by atoms with Crippen molar-refractivity contribution in [3.05, 3.63) is 106 Å². The molecule has 3 aromatic rings. The van der Waals surface area contributed by atoms with Crippen molar-refractivity contribution in [2.24, 2.45) is 4.99 Å². The van der Waals surface area contributed by atoms with E-state index in [9.17, 15) is 14.9 Å². The third-order valence-electron chi connectivity index (χ3n) is 4.27. The Kier molecular flexibility index (Phi) is 4.51. The van der Waals surface area contributed by atoms with Gasteiger partial charge < -0.3 is 4.74 Å². The van der Waals surface area contributed by atoms with Crippen LogP contribution in [0.3, 0.4) is 0 Å². The fourth-order valence-electron chi connectivity index (χ4n) is 2.82. The molecule has 0 spiro atoms. The Morgan fingerprint density at radius 2 is 1.43 bits per heavy atom. The first kappa shape index (κ1) is 17.4. The number of carbonyl (C=O) groups is 1. The van der Waals surface area contributed by atoms with Crippen LogP contribution in [0.15, 0.2) is 89.6 Å². The number of aliphatic imine (C=N–C) groups is 1. The van der Waals surface area contributed by atoms with Crippen LogP contribution in [-0.2, 0) is 9.53 Å². The van der Waals surface area contributed by atoms with E-state index < -0.39 is 10.9 Å². The molecule has 0 fully saturated rings. The summed E-state index contributed by atoms with van der Waals surface area (Å²) in [5, 5.41) is 10.7. The summed E-state index contributed by atoms with van der Waals surface area (Å²) in [6, 6.07) is 23.4. The van der Waals surface area contributed by atoms with E-state index in [1.54, 1.807) is 12.1 Å². The van der Waals surface area contributed by atoms with Crippen molar-refractivity contribution >= 4 is 23.6 Å². The van der Waals surface area contributed by atoms with Crippen molar-refractivity contribution in [2.75, 3.05) is 0 Å². The molecule has 0 aromatic heterocycles. The molecule has 0 bridgehead atoms. The first-order valence-electron chi connectivity index (χ1n) is 8.53. The van der Waals surface area contributed by atoms with E-state index in [4.69, 9.17) is 4.74 Å². The zero-order chi connectivity index (χ0) is 19.5. The van der Waals surface area contributed by atoms with Gasteiger partial charge in [-0.2, -0.15) is 0 Å². The first-order chi connectivity index (χ1) is 13.6. The molecule has 1 aliphatic rings. The third kappa shape index (κ3) is 3.57. The number of ether oxygens (including phenoxy) is 1. The Bertz CT molecular complexity index is 1100. The van der Waals surface area contributed by atoms with Gasteiger partial charge in [-0.3, -0.25) is 10.1 Å². The van der Waals surface area contributed by atoms with Gasteiger partial charge in [0.1, 0.15) is 0 Å². The molecular weight excluding hydrogens is 356 g/mol.